The average Bonchev–Trinajstić information content (AvgIpc) is 3.13. The first-order valence-corrected chi connectivity index (χ1v) is 19.6. The van der Waals surface area contributed by atoms with Crippen LogP contribution in [0.3, 0.4) is 0 Å². The molecular formula is C44H54N2O4S2. The highest BCUT2D eigenvalue weighted by molar-refractivity contribution is 7.99. The number of hydrogen-bond acceptors (Lipinski definition) is 8. The molecule has 2 atom stereocenters. The Balaban J connectivity index is 1.43. The van der Waals surface area contributed by atoms with Gasteiger partial charge in [0.25, 0.3) is 0 Å². The molecule has 1 aliphatic carbocycles. The van der Waals surface area contributed by atoms with Crippen LogP contribution in [0.15, 0.2) is 102 Å². The molecule has 1 fully saturated rings. The molecule has 0 spiro atoms. The van der Waals surface area contributed by atoms with Crippen molar-refractivity contribution in [2.45, 2.75) is 110 Å². The largest absolute Gasteiger partial charge is 0.493 e. The molecule has 0 aromatic heterocycles. The van der Waals surface area contributed by atoms with Crippen LogP contribution in [0.2, 0.25) is 0 Å². The van der Waals surface area contributed by atoms with E-state index in [1.165, 1.54) is 11.1 Å². The molecule has 8 heteroatoms. The minimum atomic E-state index is 0.0585. The molecule has 0 N–H and O–H groups in total. The third kappa shape index (κ3) is 9.95. The fraction of sp³-hybridized carbons (Fsp3) is 0.409. The van der Waals surface area contributed by atoms with Gasteiger partial charge < -0.3 is 18.9 Å². The van der Waals surface area contributed by atoms with Gasteiger partial charge >= 0.3 is 0 Å². The highest BCUT2D eigenvalue weighted by atomic mass is 32.2. The van der Waals surface area contributed by atoms with E-state index >= 15 is 0 Å². The molecule has 4 aromatic rings. The van der Waals surface area contributed by atoms with Crippen LogP contribution in [-0.2, 0) is 10.8 Å². The van der Waals surface area contributed by atoms with Crippen molar-refractivity contribution in [2.75, 3.05) is 28.4 Å². The van der Waals surface area contributed by atoms with Gasteiger partial charge in [-0.05, 0) is 83.3 Å². The quantitative estimate of drug-likeness (QED) is 0.135. The van der Waals surface area contributed by atoms with Crippen molar-refractivity contribution in [3.63, 3.8) is 0 Å². The second-order valence-electron chi connectivity index (χ2n) is 15.2. The molecule has 52 heavy (non-hydrogen) atoms. The summed E-state index contributed by atoms with van der Waals surface area (Å²) in [6.07, 6.45) is 8.23. The Hall–Kier alpha value is -3.88. The zero-order chi connectivity index (χ0) is 37.5. The van der Waals surface area contributed by atoms with Crippen molar-refractivity contribution in [1.82, 2.24) is 0 Å². The minimum absolute atomic E-state index is 0.0585. The maximum Gasteiger partial charge on any atom is 0.161 e. The lowest BCUT2D eigenvalue weighted by molar-refractivity contribution is 0.354. The minimum Gasteiger partial charge on any atom is -0.493 e. The van der Waals surface area contributed by atoms with E-state index in [0.29, 0.717) is 23.0 Å². The molecule has 0 radical (unpaired) electrons. The predicted molar refractivity (Wildman–Crippen MR) is 219 cm³/mol. The van der Waals surface area contributed by atoms with Crippen LogP contribution in [0.5, 0.6) is 23.0 Å². The van der Waals surface area contributed by atoms with E-state index in [4.69, 9.17) is 28.9 Å². The van der Waals surface area contributed by atoms with Gasteiger partial charge in [0.05, 0.1) is 40.5 Å². The lowest BCUT2D eigenvalue weighted by Crippen LogP contribution is -2.27. The predicted octanol–water partition coefficient (Wildman–Crippen LogP) is 11.5. The van der Waals surface area contributed by atoms with Gasteiger partial charge in [-0.15, -0.1) is 0 Å². The summed E-state index contributed by atoms with van der Waals surface area (Å²) in [4.78, 5) is 14.8. The van der Waals surface area contributed by atoms with Crippen molar-refractivity contribution in [1.29, 1.82) is 0 Å². The van der Waals surface area contributed by atoms with E-state index in [9.17, 15) is 0 Å². The van der Waals surface area contributed by atoms with E-state index in [0.717, 1.165) is 56.4 Å². The summed E-state index contributed by atoms with van der Waals surface area (Å²) in [5.41, 5.74) is 4.80. The molecule has 0 saturated heterocycles. The Morgan fingerprint density at radius 3 is 1.15 bits per heavy atom. The molecule has 0 aliphatic heterocycles. The molecule has 0 bridgehead atoms. The second-order valence-corrected chi connectivity index (χ2v) is 17.4. The van der Waals surface area contributed by atoms with Gasteiger partial charge in [-0.1, -0.05) is 102 Å². The first-order valence-electron chi connectivity index (χ1n) is 18.0. The Bertz CT molecular complexity index is 1720. The average molecular weight is 739 g/mol. The molecule has 1 aliphatic rings. The summed E-state index contributed by atoms with van der Waals surface area (Å²) in [6.45, 7) is 13.4. The molecule has 276 valence electrons. The van der Waals surface area contributed by atoms with E-state index in [2.05, 4.69) is 90.1 Å². The first-order chi connectivity index (χ1) is 24.8. The lowest BCUT2D eigenvalue weighted by atomic mass is 9.87. The molecule has 0 amide bonds. The van der Waals surface area contributed by atoms with Gasteiger partial charge in [0.1, 0.15) is 0 Å². The molecule has 1 saturated carbocycles. The first kappa shape index (κ1) is 39.3. The number of methoxy groups -OCH3 is 4. The van der Waals surface area contributed by atoms with Gasteiger partial charge in [-0.2, -0.15) is 0 Å². The Kier molecular flexibility index (Phi) is 13.1. The van der Waals surface area contributed by atoms with Gasteiger partial charge in [0, 0.05) is 43.1 Å². The van der Waals surface area contributed by atoms with Crippen LogP contribution in [0.1, 0.15) is 89.5 Å². The van der Waals surface area contributed by atoms with Crippen LogP contribution < -0.4 is 18.9 Å². The number of nitrogens with zero attached hydrogens (tertiary/aromatic N) is 2. The summed E-state index contributed by atoms with van der Waals surface area (Å²) in [5, 5.41) is 0. The van der Waals surface area contributed by atoms with Gasteiger partial charge in [0.15, 0.2) is 23.0 Å². The van der Waals surface area contributed by atoms with Crippen LogP contribution in [0.25, 0.3) is 0 Å². The topological polar surface area (TPSA) is 61.6 Å². The zero-order valence-corrected chi connectivity index (χ0v) is 34.0. The lowest BCUT2D eigenvalue weighted by Gasteiger charge is -2.26. The van der Waals surface area contributed by atoms with E-state index in [1.807, 2.05) is 36.7 Å². The molecule has 6 nitrogen and oxygen atoms in total. The summed E-state index contributed by atoms with van der Waals surface area (Å²) in [5.74, 6) is 2.76. The Morgan fingerprint density at radius 2 is 0.846 bits per heavy atom. The van der Waals surface area contributed by atoms with Gasteiger partial charge in [-0.3, -0.25) is 9.98 Å². The third-order valence-corrected chi connectivity index (χ3v) is 11.6. The van der Waals surface area contributed by atoms with E-state index in [-0.39, 0.29) is 22.9 Å². The number of hydrogen-bond donors (Lipinski definition) is 0. The van der Waals surface area contributed by atoms with Crippen molar-refractivity contribution in [2.24, 2.45) is 9.98 Å². The molecule has 2 unspecified atom stereocenters. The number of ether oxygens (including phenoxy) is 4. The second kappa shape index (κ2) is 17.3. The van der Waals surface area contributed by atoms with Gasteiger partial charge in [-0.25, -0.2) is 0 Å². The fourth-order valence-electron chi connectivity index (χ4n) is 6.22. The van der Waals surface area contributed by atoms with Crippen molar-refractivity contribution in [3.05, 3.63) is 95.1 Å². The number of aliphatic imine (C=N–C) groups is 2. The van der Waals surface area contributed by atoms with Crippen molar-refractivity contribution in [3.8, 4) is 23.0 Å². The summed E-state index contributed by atoms with van der Waals surface area (Å²) >= 11 is 3.41. The fourth-order valence-corrected chi connectivity index (χ4v) is 8.07. The monoisotopic (exact) mass is 738 g/mol. The van der Waals surface area contributed by atoms with E-state index < -0.39 is 0 Å². The zero-order valence-electron chi connectivity index (χ0n) is 32.4. The third-order valence-electron chi connectivity index (χ3n) is 9.43. The summed E-state index contributed by atoms with van der Waals surface area (Å²) < 4.78 is 22.8. The van der Waals surface area contributed by atoms with Crippen LogP contribution >= 0.6 is 23.5 Å². The van der Waals surface area contributed by atoms with Crippen molar-refractivity contribution >= 4 is 36.0 Å². The van der Waals surface area contributed by atoms with Crippen LogP contribution in [0.4, 0.5) is 0 Å². The van der Waals surface area contributed by atoms with E-state index in [1.54, 1.807) is 52.0 Å². The summed E-state index contributed by atoms with van der Waals surface area (Å²) in [7, 11) is 6.69. The number of benzene rings is 4. The maximum absolute atomic E-state index is 5.70. The number of rotatable bonds is 12. The normalized spacial score (nSPS) is 16.7. The standard InChI is InChI=1S/C44H54N2O4S2/c1-43(2,3)31-15-19-33(20-16-31)51-41-25-39(49-9)37(47-7)23-29(41)27-45-35-13-11-12-14-36(35)46-28-30-24-38(48-8)40(50-10)26-42(30)52-34-21-17-32(18-22-34)44(4,5)6/h15-28,35-36H,11-14H2,1-10H3. The molecule has 5 rings (SSSR count). The smallest absolute Gasteiger partial charge is 0.161 e. The maximum atomic E-state index is 5.70. The van der Waals surface area contributed by atoms with Crippen molar-refractivity contribution < 1.29 is 18.9 Å². The highest BCUT2D eigenvalue weighted by Gasteiger charge is 2.24. The highest BCUT2D eigenvalue weighted by Crippen LogP contribution is 2.40. The Labute approximate surface area is 319 Å². The SMILES string of the molecule is COc1cc(C=NC2CCCCC2N=Cc2cc(OC)c(OC)cc2Sc2ccc(C(C)(C)C)cc2)c(Sc2ccc(C(C)(C)C)cc2)cc1OC. The molecule has 0 heterocycles. The van der Waals surface area contributed by atoms with Crippen LogP contribution in [-0.4, -0.2) is 53.0 Å². The molecule has 4 aromatic carbocycles. The molecular weight excluding hydrogens is 685 g/mol. The Morgan fingerprint density at radius 1 is 0.519 bits per heavy atom. The van der Waals surface area contributed by atoms with Crippen LogP contribution in [0, 0.1) is 0 Å². The summed E-state index contributed by atoms with van der Waals surface area (Å²) in [6, 6.07) is 25.9. The van der Waals surface area contributed by atoms with Gasteiger partial charge in [0.2, 0.25) is 0 Å².